The largest absolute Gasteiger partial charge is 0.457 e. The number of esters is 1. The first kappa shape index (κ1) is 19.0. The third kappa shape index (κ3) is 3.42. The molecule has 0 bridgehead atoms. The molecule has 7 heteroatoms. The maximum Gasteiger partial charge on any atom is 0.338 e. The van der Waals surface area contributed by atoms with Gasteiger partial charge in [0.1, 0.15) is 12.4 Å². The van der Waals surface area contributed by atoms with E-state index in [9.17, 15) is 18.8 Å². The highest BCUT2D eigenvalue weighted by Gasteiger charge is 2.37. The van der Waals surface area contributed by atoms with Crippen LogP contribution in [0.3, 0.4) is 0 Å². The molecular weight excluding hydrogens is 387 g/mol. The number of carbonyl (C=O) groups excluding carboxylic acids is 3. The Morgan fingerprint density at radius 2 is 1.70 bits per heavy atom. The first-order chi connectivity index (χ1) is 14.5. The van der Waals surface area contributed by atoms with Gasteiger partial charge in [-0.3, -0.25) is 9.59 Å². The minimum atomic E-state index is -0.666. The summed E-state index contributed by atoms with van der Waals surface area (Å²) in [6.07, 6.45) is 0. The molecule has 0 saturated carbocycles. The zero-order valence-corrected chi connectivity index (χ0v) is 15.5. The van der Waals surface area contributed by atoms with E-state index in [2.05, 4.69) is 0 Å². The lowest BCUT2D eigenvalue weighted by Gasteiger charge is -2.13. The Hall–Kier alpha value is -4.31. The molecule has 0 radical (unpaired) electrons. The van der Waals surface area contributed by atoms with Crippen LogP contribution in [0.15, 0.2) is 66.7 Å². The van der Waals surface area contributed by atoms with E-state index >= 15 is 0 Å². The summed E-state index contributed by atoms with van der Waals surface area (Å²) in [5, 5.41) is 8.93. The highest BCUT2D eigenvalue weighted by atomic mass is 19.1. The molecule has 0 aliphatic carbocycles. The van der Waals surface area contributed by atoms with Crippen LogP contribution in [0, 0.1) is 17.1 Å². The van der Waals surface area contributed by atoms with Gasteiger partial charge in [-0.25, -0.2) is 14.1 Å². The molecule has 0 fully saturated rings. The second kappa shape index (κ2) is 7.60. The van der Waals surface area contributed by atoms with Crippen molar-refractivity contribution in [3.63, 3.8) is 0 Å². The van der Waals surface area contributed by atoms with Crippen LogP contribution in [0.5, 0.6) is 0 Å². The molecule has 1 heterocycles. The number of halogens is 1. The Balaban J connectivity index is 1.54. The van der Waals surface area contributed by atoms with Gasteiger partial charge in [0, 0.05) is 0 Å². The number of hydrogen-bond acceptors (Lipinski definition) is 5. The van der Waals surface area contributed by atoms with Gasteiger partial charge in [-0.2, -0.15) is 5.26 Å². The molecule has 0 aromatic heterocycles. The molecule has 0 unspecified atom stereocenters. The standard InChI is InChI=1S/C23H13FN2O4/c24-17-5-7-18(8-6-17)26-21(27)19-9-4-16(11-20(19)22(26)28)23(29)30-13-15-3-1-2-14(10-15)12-25/h1-11H,13H2. The van der Waals surface area contributed by atoms with Crippen molar-refractivity contribution in [1.29, 1.82) is 5.26 Å². The molecule has 1 aliphatic rings. The predicted octanol–water partition coefficient (Wildman–Crippen LogP) is 3.85. The second-order valence-corrected chi connectivity index (χ2v) is 6.57. The van der Waals surface area contributed by atoms with Crippen LogP contribution < -0.4 is 4.90 Å². The van der Waals surface area contributed by atoms with Gasteiger partial charge in [-0.1, -0.05) is 12.1 Å². The maximum absolute atomic E-state index is 13.2. The molecule has 2 amide bonds. The Morgan fingerprint density at radius 1 is 0.967 bits per heavy atom. The van der Waals surface area contributed by atoms with Crippen LogP contribution in [0.25, 0.3) is 0 Å². The number of hydrogen-bond donors (Lipinski definition) is 0. The molecule has 0 saturated heterocycles. The van der Waals surface area contributed by atoms with Crippen LogP contribution >= 0.6 is 0 Å². The Morgan fingerprint density at radius 3 is 2.43 bits per heavy atom. The molecule has 3 aromatic rings. The SMILES string of the molecule is N#Cc1cccc(COC(=O)c2ccc3c(c2)C(=O)N(c2ccc(F)cc2)C3=O)c1. The zero-order chi connectivity index (χ0) is 21.3. The monoisotopic (exact) mass is 400 g/mol. The molecule has 6 nitrogen and oxygen atoms in total. The average Bonchev–Trinajstić information content (AvgIpc) is 3.02. The molecule has 30 heavy (non-hydrogen) atoms. The van der Waals surface area contributed by atoms with Gasteiger partial charge in [0.05, 0.1) is 34.0 Å². The number of ether oxygens (including phenoxy) is 1. The zero-order valence-electron chi connectivity index (χ0n) is 15.5. The maximum atomic E-state index is 13.2. The van der Waals surface area contributed by atoms with E-state index in [1.807, 2.05) is 6.07 Å². The van der Waals surface area contributed by atoms with Crippen molar-refractivity contribution in [2.75, 3.05) is 4.90 Å². The fourth-order valence-electron chi connectivity index (χ4n) is 3.16. The Bertz CT molecular complexity index is 1230. The lowest BCUT2D eigenvalue weighted by atomic mass is 10.1. The topological polar surface area (TPSA) is 87.5 Å². The summed E-state index contributed by atoms with van der Waals surface area (Å²) in [6, 6.07) is 17.8. The third-order valence-electron chi connectivity index (χ3n) is 4.63. The first-order valence-corrected chi connectivity index (χ1v) is 8.92. The summed E-state index contributed by atoms with van der Waals surface area (Å²) in [5.74, 6) is -2.30. The van der Waals surface area contributed by atoms with Gasteiger partial charge in [0.15, 0.2) is 0 Å². The van der Waals surface area contributed by atoms with Crippen LogP contribution in [-0.2, 0) is 11.3 Å². The number of fused-ring (bicyclic) bond motifs is 1. The van der Waals surface area contributed by atoms with E-state index in [0.717, 1.165) is 17.0 Å². The summed E-state index contributed by atoms with van der Waals surface area (Å²) in [6.45, 7) is -0.0416. The Kier molecular flexibility index (Phi) is 4.82. The van der Waals surface area contributed by atoms with Gasteiger partial charge in [0.25, 0.3) is 11.8 Å². The van der Waals surface area contributed by atoms with E-state index < -0.39 is 23.6 Å². The van der Waals surface area contributed by atoms with Gasteiger partial charge < -0.3 is 4.74 Å². The number of carbonyl (C=O) groups is 3. The van der Waals surface area contributed by atoms with Gasteiger partial charge >= 0.3 is 5.97 Å². The van der Waals surface area contributed by atoms with Crippen molar-refractivity contribution in [1.82, 2.24) is 0 Å². The number of rotatable bonds is 4. The number of nitriles is 1. The molecule has 0 N–H and O–H groups in total. The summed E-state index contributed by atoms with van der Waals surface area (Å²) in [5.41, 5.74) is 1.69. The smallest absolute Gasteiger partial charge is 0.338 e. The first-order valence-electron chi connectivity index (χ1n) is 8.92. The van der Waals surface area contributed by atoms with Gasteiger partial charge in [0.2, 0.25) is 0 Å². The highest BCUT2D eigenvalue weighted by Crippen LogP contribution is 2.29. The fraction of sp³-hybridized carbons (Fsp3) is 0.0435. The number of anilines is 1. The van der Waals surface area contributed by atoms with Crippen molar-refractivity contribution in [3.05, 3.63) is 100 Å². The van der Waals surface area contributed by atoms with Crippen LogP contribution in [0.2, 0.25) is 0 Å². The van der Waals surface area contributed by atoms with Gasteiger partial charge in [-0.15, -0.1) is 0 Å². The summed E-state index contributed by atoms with van der Waals surface area (Å²) >= 11 is 0. The highest BCUT2D eigenvalue weighted by molar-refractivity contribution is 6.34. The minimum absolute atomic E-state index is 0.0416. The van der Waals surface area contributed by atoms with E-state index in [0.29, 0.717) is 11.1 Å². The second-order valence-electron chi connectivity index (χ2n) is 6.57. The molecule has 0 atom stereocenters. The molecule has 3 aromatic carbocycles. The number of benzene rings is 3. The molecule has 0 spiro atoms. The third-order valence-corrected chi connectivity index (χ3v) is 4.63. The lowest BCUT2D eigenvalue weighted by molar-refractivity contribution is 0.0472. The van der Waals surface area contributed by atoms with Crippen molar-refractivity contribution in [2.45, 2.75) is 6.61 Å². The van der Waals surface area contributed by atoms with Crippen molar-refractivity contribution < 1.29 is 23.5 Å². The van der Waals surface area contributed by atoms with Crippen LogP contribution in [-0.4, -0.2) is 17.8 Å². The number of amides is 2. The molecule has 146 valence electrons. The molecule has 1 aliphatic heterocycles. The minimum Gasteiger partial charge on any atom is -0.457 e. The summed E-state index contributed by atoms with van der Waals surface area (Å²) in [4.78, 5) is 38.7. The fourth-order valence-corrected chi connectivity index (χ4v) is 3.16. The van der Waals surface area contributed by atoms with E-state index in [-0.39, 0.29) is 29.0 Å². The van der Waals surface area contributed by atoms with Crippen molar-refractivity contribution >= 4 is 23.5 Å². The van der Waals surface area contributed by atoms with E-state index in [1.165, 1.54) is 30.3 Å². The van der Waals surface area contributed by atoms with Gasteiger partial charge in [-0.05, 0) is 60.2 Å². The summed E-state index contributed by atoms with van der Waals surface area (Å²) in [7, 11) is 0. The molecular formula is C23H13FN2O4. The Labute approximate surface area is 170 Å². The average molecular weight is 400 g/mol. The number of nitrogens with zero attached hydrogens (tertiary/aromatic N) is 2. The lowest BCUT2D eigenvalue weighted by Crippen LogP contribution is -2.29. The van der Waals surface area contributed by atoms with E-state index in [1.54, 1.807) is 24.3 Å². The quantitative estimate of drug-likeness (QED) is 0.490. The normalized spacial score (nSPS) is 12.5. The van der Waals surface area contributed by atoms with Crippen LogP contribution in [0.4, 0.5) is 10.1 Å². The van der Waals surface area contributed by atoms with Crippen LogP contribution in [0.1, 0.15) is 42.2 Å². The number of imide groups is 1. The molecule has 4 rings (SSSR count). The van der Waals surface area contributed by atoms with Crippen molar-refractivity contribution in [2.24, 2.45) is 0 Å². The summed E-state index contributed by atoms with van der Waals surface area (Å²) < 4.78 is 18.4. The van der Waals surface area contributed by atoms with Crippen molar-refractivity contribution in [3.8, 4) is 6.07 Å². The predicted molar refractivity (Wildman–Crippen MR) is 104 cm³/mol. The van der Waals surface area contributed by atoms with E-state index in [4.69, 9.17) is 10.00 Å².